The van der Waals surface area contributed by atoms with E-state index in [-0.39, 0.29) is 29.5 Å². The molecule has 2 aliphatic rings. The maximum absolute atomic E-state index is 14.3. The zero-order chi connectivity index (χ0) is 22.7. The van der Waals surface area contributed by atoms with E-state index < -0.39 is 29.6 Å². The Labute approximate surface area is 187 Å². The van der Waals surface area contributed by atoms with Crippen LogP contribution >= 0.6 is 11.6 Å². The zero-order valence-electron chi connectivity index (χ0n) is 16.9. The zero-order valence-corrected chi connectivity index (χ0v) is 17.6. The fourth-order valence-corrected chi connectivity index (χ4v) is 3.80. The van der Waals surface area contributed by atoms with Crippen molar-refractivity contribution in [1.82, 2.24) is 10.6 Å². The molecule has 2 aliphatic heterocycles. The number of oxime groups is 1. The lowest BCUT2D eigenvalue weighted by atomic mass is 9.95. The van der Waals surface area contributed by atoms with Crippen molar-refractivity contribution in [3.05, 3.63) is 69.7 Å². The number of nitrogens with one attached hydrogen (secondary N) is 2. The largest absolute Gasteiger partial charge is 0.372 e. The Morgan fingerprint density at radius 1 is 1.22 bits per heavy atom. The summed E-state index contributed by atoms with van der Waals surface area (Å²) in [6, 6.07) is 8.38. The van der Waals surface area contributed by atoms with Gasteiger partial charge in [-0.15, -0.1) is 0 Å². The van der Waals surface area contributed by atoms with Gasteiger partial charge in [-0.05, 0) is 29.8 Å². The molecule has 0 unspecified atom stereocenters. The lowest BCUT2D eigenvalue weighted by Crippen LogP contribution is -2.36. The van der Waals surface area contributed by atoms with Gasteiger partial charge in [0, 0.05) is 31.1 Å². The lowest BCUT2D eigenvalue weighted by Gasteiger charge is -2.25. The summed E-state index contributed by atoms with van der Waals surface area (Å²) in [6.07, 6.45) is -0.527. The van der Waals surface area contributed by atoms with Gasteiger partial charge in [0.15, 0.2) is 0 Å². The summed E-state index contributed by atoms with van der Waals surface area (Å²) < 4.78 is 34.2. The molecule has 168 valence electrons. The summed E-state index contributed by atoms with van der Waals surface area (Å²) >= 11 is 5.79. The van der Waals surface area contributed by atoms with E-state index in [1.807, 2.05) is 0 Å². The van der Waals surface area contributed by atoms with Crippen LogP contribution in [-0.2, 0) is 14.4 Å². The molecule has 0 saturated carbocycles. The van der Waals surface area contributed by atoms with Crippen LogP contribution in [0.3, 0.4) is 0 Å². The molecule has 32 heavy (non-hydrogen) atoms. The number of hydrogen-bond donors (Lipinski definition) is 2. The molecule has 2 N–H and O–H groups in total. The van der Waals surface area contributed by atoms with E-state index in [0.717, 1.165) is 6.07 Å². The smallest absolute Gasteiger partial charge is 0.341 e. The Balaban J connectivity index is 1.49. The van der Waals surface area contributed by atoms with Crippen LogP contribution in [0.1, 0.15) is 34.0 Å². The maximum atomic E-state index is 14.3. The van der Waals surface area contributed by atoms with Crippen LogP contribution in [-0.4, -0.2) is 43.8 Å². The fraction of sp³-hybridized carbons (Fsp3) is 0.318. The SMILES string of the molecule is O=C1CC(c2ccc(F)c(C(=O)NC[C@@H]3CNCCO[C@H]3c3ccc(Cl)c(F)c3)c2)=NO1. The molecule has 0 aromatic heterocycles. The Morgan fingerprint density at radius 3 is 2.81 bits per heavy atom. The third-order valence-corrected chi connectivity index (χ3v) is 5.63. The van der Waals surface area contributed by atoms with Crippen molar-refractivity contribution >= 4 is 29.2 Å². The summed E-state index contributed by atoms with van der Waals surface area (Å²) in [5, 5.41) is 9.61. The standard InChI is InChI=1S/C22H20ClF2N3O4/c23-16-3-1-13(8-18(16)25)21-14(10-26-5-6-31-21)11-27-22(30)15-7-12(2-4-17(15)24)19-9-20(29)32-28-19/h1-4,7-8,14,21,26H,5-6,9-11H2,(H,27,30)/t14-,21-/m0/s1. The van der Waals surface area contributed by atoms with Crippen molar-refractivity contribution in [2.24, 2.45) is 11.1 Å². The summed E-state index contributed by atoms with van der Waals surface area (Å²) in [6.45, 7) is 1.69. The summed E-state index contributed by atoms with van der Waals surface area (Å²) in [5.74, 6) is -2.63. The Hall–Kier alpha value is -2.88. The minimum absolute atomic E-state index is 0.0136. The van der Waals surface area contributed by atoms with Gasteiger partial charge in [0.2, 0.25) is 0 Å². The van der Waals surface area contributed by atoms with Crippen LogP contribution in [0.15, 0.2) is 41.6 Å². The number of hydrogen-bond acceptors (Lipinski definition) is 6. The maximum Gasteiger partial charge on any atom is 0.341 e. The minimum atomic E-state index is -0.705. The van der Waals surface area contributed by atoms with Crippen LogP contribution in [0.5, 0.6) is 0 Å². The molecule has 0 aliphatic carbocycles. The predicted octanol–water partition coefficient (Wildman–Crippen LogP) is 2.98. The Bertz CT molecular complexity index is 1080. The minimum Gasteiger partial charge on any atom is -0.372 e. The first-order chi connectivity index (χ1) is 15.4. The topological polar surface area (TPSA) is 89.0 Å². The van der Waals surface area contributed by atoms with Crippen LogP contribution < -0.4 is 10.6 Å². The quantitative estimate of drug-likeness (QED) is 0.665. The number of amides is 1. The molecule has 2 atom stereocenters. The molecule has 0 radical (unpaired) electrons. The van der Waals surface area contributed by atoms with E-state index in [9.17, 15) is 18.4 Å². The van der Waals surface area contributed by atoms with Gasteiger partial charge >= 0.3 is 5.97 Å². The van der Waals surface area contributed by atoms with Crippen molar-refractivity contribution in [3.63, 3.8) is 0 Å². The number of nitrogens with zero attached hydrogens (tertiary/aromatic N) is 1. The van der Waals surface area contributed by atoms with E-state index in [0.29, 0.717) is 36.5 Å². The second kappa shape index (κ2) is 9.72. The summed E-state index contributed by atoms with van der Waals surface area (Å²) in [5.41, 5.74) is 1.18. The first-order valence-electron chi connectivity index (χ1n) is 10.0. The highest BCUT2D eigenvalue weighted by Crippen LogP contribution is 2.29. The molecule has 2 aromatic carbocycles. The molecule has 1 fully saturated rings. The summed E-state index contributed by atoms with van der Waals surface area (Å²) in [4.78, 5) is 28.6. The number of benzene rings is 2. The van der Waals surface area contributed by atoms with Crippen LogP contribution in [0.2, 0.25) is 5.02 Å². The molecule has 0 bridgehead atoms. The van der Waals surface area contributed by atoms with E-state index in [2.05, 4.69) is 20.6 Å². The van der Waals surface area contributed by atoms with Crippen molar-refractivity contribution in [2.75, 3.05) is 26.2 Å². The number of carbonyl (C=O) groups is 2. The molecule has 4 rings (SSSR count). The van der Waals surface area contributed by atoms with Crippen LogP contribution in [0.25, 0.3) is 0 Å². The molecule has 1 amide bonds. The molecule has 0 spiro atoms. The second-order valence-corrected chi connectivity index (χ2v) is 7.92. The fourth-order valence-electron chi connectivity index (χ4n) is 3.69. The summed E-state index contributed by atoms with van der Waals surface area (Å²) in [7, 11) is 0. The van der Waals surface area contributed by atoms with Gasteiger partial charge in [-0.25, -0.2) is 13.6 Å². The van der Waals surface area contributed by atoms with Gasteiger partial charge in [0.25, 0.3) is 5.91 Å². The molecule has 1 saturated heterocycles. The molecule has 7 nitrogen and oxygen atoms in total. The third kappa shape index (κ3) is 4.95. The number of rotatable bonds is 5. The molecular formula is C22H20ClF2N3O4. The highest BCUT2D eigenvalue weighted by atomic mass is 35.5. The first-order valence-corrected chi connectivity index (χ1v) is 10.4. The van der Waals surface area contributed by atoms with E-state index in [1.54, 1.807) is 6.07 Å². The first kappa shape index (κ1) is 22.3. The van der Waals surface area contributed by atoms with E-state index >= 15 is 0 Å². The van der Waals surface area contributed by atoms with Gasteiger partial charge in [-0.2, -0.15) is 0 Å². The van der Waals surface area contributed by atoms with Crippen molar-refractivity contribution in [2.45, 2.75) is 12.5 Å². The van der Waals surface area contributed by atoms with E-state index in [1.165, 1.54) is 24.3 Å². The number of carbonyl (C=O) groups excluding carboxylic acids is 2. The normalized spacial score (nSPS) is 21.0. The van der Waals surface area contributed by atoms with Crippen molar-refractivity contribution in [1.29, 1.82) is 0 Å². The number of halogens is 3. The van der Waals surface area contributed by atoms with Crippen molar-refractivity contribution < 1.29 is 27.9 Å². The second-order valence-electron chi connectivity index (χ2n) is 7.51. The average molecular weight is 464 g/mol. The van der Waals surface area contributed by atoms with Gasteiger partial charge < -0.3 is 20.2 Å². The van der Waals surface area contributed by atoms with E-state index in [4.69, 9.17) is 16.3 Å². The van der Waals surface area contributed by atoms with Gasteiger partial charge in [-0.3, -0.25) is 4.79 Å². The predicted molar refractivity (Wildman–Crippen MR) is 112 cm³/mol. The molecule has 2 heterocycles. The van der Waals surface area contributed by atoms with Crippen molar-refractivity contribution in [3.8, 4) is 0 Å². The van der Waals surface area contributed by atoms with Crippen LogP contribution in [0.4, 0.5) is 8.78 Å². The Morgan fingerprint density at radius 2 is 2.06 bits per heavy atom. The average Bonchev–Trinajstić information content (AvgIpc) is 3.08. The van der Waals surface area contributed by atoms with Gasteiger partial charge in [0.05, 0.1) is 35.4 Å². The van der Waals surface area contributed by atoms with Crippen LogP contribution in [0, 0.1) is 17.6 Å². The Kier molecular flexibility index (Phi) is 6.78. The monoisotopic (exact) mass is 463 g/mol. The molecule has 10 heteroatoms. The highest BCUT2D eigenvalue weighted by molar-refractivity contribution is 6.30. The highest BCUT2D eigenvalue weighted by Gasteiger charge is 2.28. The molecule has 2 aromatic rings. The lowest BCUT2D eigenvalue weighted by molar-refractivity contribution is -0.140. The third-order valence-electron chi connectivity index (χ3n) is 5.32. The van der Waals surface area contributed by atoms with Gasteiger partial charge in [0.1, 0.15) is 11.6 Å². The number of ether oxygens (including phenoxy) is 1. The molecular weight excluding hydrogens is 444 g/mol. The van der Waals surface area contributed by atoms with Gasteiger partial charge in [-0.1, -0.05) is 28.9 Å².